The van der Waals surface area contributed by atoms with E-state index in [1.54, 1.807) is 24.3 Å². The normalized spacial score (nSPS) is 10.5. The molecule has 0 radical (unpaired) electrons. The number of benzene rings is 2. The molecule has 0 aliphatic rings. The zero-order valence-corrected chi connectivity index (χ0v) is 12.9. The molecule has 2 aromatic carbocycles. The Bertz CT molecular complexity index is 614. The van der Waals surface area contributed by atoms with Gasteiger partial charge in [-0.3, -0.25) is 4.79 Å². The maximum Gasteiger partial charge on any atom is 0.307 e. The molecule has 0 aromatic heterocycles. The van der Waals surface area contributed by atoms with Crippen molar-refractivity contribution in [3.05, 3.63) is 63.9 Å². The second-order valence-electron chi connectivity index (χ2n) is 4.24. The average Bonchev–Trinajstić information content (AvgIpc) is 2.41. The van der Waals surface area contributed by atoms with Crippen LogP contribution in [0.3, 0.4) is 0 Å². The van der Waals surface area contributed by atoms with Crippen molar-refractivity contribution in [1.29, 1.82) is 0 Å². The molecule has 0 saturated heterocycles. The number of carboxylic acids is 1. The van der Waals surface area contributed by atoms with E-state index >= 15 is 0 Å². The van der Waals surface area contributed by atoms with Crippen molar-refractivity contribution in [1.82, 2.24) is 0 Å². The number of carboxylic acid groups (broad SMARTS) is 1. The van der Waals surface area contributed by atoms with Crippen LogP contribution in [0.15, 0.2) is 51.8 Å². The van der Waals surface area contributed by atoms with Gasteiger partial charge in [0, 0.05) is 15.1 Å². The average molecular weight is 355 g/mol. The Hall–Kier alpha value is -1.33. The molecular weight excluding hydrogens is 343 g/mol. The lowest BCUT2D eigenvalue weighted by Crippen LogP contribution is -1.99. The number of aliphatic carboxylic acids is 1. The van der Waals surface area contributed by atoms with Crippen molar-refractivity contribution in [2.75, 3.05) is 0 Å². The summed E-state index contributed by atoms with van der Waals surface area (Å²) in [5.74, 6) is -0.534. The van der Waals surface area contributed by atoms with Crippen LogP contribution in [0.5, 0.6) is 0 Å². The first kappa shape index (κ1) is 15.1. The van der Waals surface area contributed by atoms with E-state index in [4.69, 9.17) is 5.11 Å². The standard InChI is InChI=1S/C15H12BrFO2S/c16-12-3-6-14(17)11(8-12)9-20-13-4-1-10(2-5-13)7-15(18)19/h1-6,8H,7,9H2,(H,18,19). The summed E-state index contributed by atoms with van der Waals surface area (Å²) in [5, 5.41) is 8.69. The van der Waals surface area contributed by atoms with Crippen molar-refractivity contribution in [3.63, 3.8) is 0 Å². The number of hydrogen-bond acceptors (Lipinski definition) is 2. The Balaban J connectivity index is 2.00. The van der Waals surface area contributed by atoms with Crippen molar-refractivity contribution in [2.24, 2.45) is 0 Å². The molecule has 0 aliphatic carbocycles. The molecule has 1 N–H and O–H groups in total. The molecule has 2 rings (SSSR count). The molecular formula is C15H12BrFO2S. The van der Waals surface area contributed by atoms with E-state index in [9.17, 15) is 9.18 Å². The maximum atomic E-state index is 13.6. The molecule has 5 heteroatoms. The van der Waals surface area contributed by atoms with E-state index in [0.29, 0.717) is 11.3 Å². The van der Waals surface area contributed by atoms with Gasteiger partial charge in [-0.15, -0.1) is 11.8 Å². The smallest absolute Gasteiger partial charge is 0.307 e. The fourth-order valence-corrected chi connectivity index (χ4v) is 2.97. The molecule has 20 heavy (non-hydrogen) atoms. The molecule has 0 fully saturated rings. The maximum absolute atomic E-state index is 13.6. The van der Waals surface area contributed by atoms with Gasteiger partial charge in [-0.05, 0) is 41.5 Å². The lowest BCUT2D eigenvalue weighted by Gasteiger charge is -2.05. The van der Waals surface area contributed by atoms with Gasteiger partial charge in [0.25, 0.3) is 0 Å². The first-order valence-electron chi connectivity index (χ1n) is 5.92. The van der Waals surface area contributed by atoms with Gasteiger partial charge in [0.1, 0.15) is 5.82 Å². The first-order chi connectivity index (χ1) is 9.54. The van der Waals surface area contributed by atoms with Crippen LogP contribution >= 0.6 is 27.7 Å². The van der Waals surface area contributed by atoms with E-state index < -0.39 is 5.97 Å². The zero-order valence-electron chi connectivity index (χ0n) is 10.5. The Labute approximate surface area is 129 Å². The SMILES string of the molecule is O=C(O)Cc1ccc(SCc2cc(Br)ccc2F)cc1. The van der Waals surface area contributed by atoms with Crippen LogP contribution in [0.25, 0.3) is 0 Å². The summed E-state index contributed by atoms with van der Waals surface area (Å²) in [6.45, 7) is 0. The molecule has 0 amide bonds. The molecule has 0 aliphatic heterocycles. The minimum Gasteiger partial charge on any atom is -0.481 e. The van der Waals surface area contributed by atoms with Crippen LogP contribution < -0.4 is 0 Å². The Morgan fingerprint density at radius 2 is 1.90 bits per heavy atom. The molecule has 0 heterocycles. The highest BCUT2D eigenvalue weighted by Crippen LogP contribution is 2.26. The Morgan fingerprint density at radius 3 is 2.55 bits per heavy atom. The molecule has 0 unspecified atom stereocenters. The number of hydrogen-bond donors (Lipinski definition) is 1. The third-order valence-electron chi connectivity index (χ3n) is 2.68. The van der Waals surface area contributed by atoms with E-state index in [2.05, 4.69) is 15.9 Å². The first-order valence-corrected chi connectivity index (χ1v) is 7.70. The van der Waals surface area contributed by atoms with Crippen molar-refractivity contribution in [2.45, 2.75) is 17.1 Å². The van der Waals surface area contributed by atoms with Crippen LogP contribution in [0.2, 0.25) is 0 Å². The highest BCUT2D eigenvalue weighted by molar-refractivity contribution is 9.10. The predicted octanol–water partition coefficient (Wildman–Crippen LogP) is 4.51. The summed E-state index contributed by atoms with van der Waals surface area (Å²) in [7, 11) is 0. The van der Waals surface area contributed by atoms with E-state index in [1.807, 2.05) is 12.1 Å². The highest BCUT2D eigenvalue weighted by Gasteiger charge is 2.05. The van der Waals surface area contributed by atoms with E-state index in [0.717, 1.165) is 14.9 Å². The number of thioether (sulfide) groups is 1. The van der Waals surface area contributed by atoms with Crippen LogP contribution in [-0.4, -0.2) is 11.1 Å². The monoisotopic (exact) mass is 354 g/mol. The lowest BCUT2D eigenvalue weighted by atomic mass is 10.2. The second kappa shape index (κ2) is 6.90. The van der Waals surface area contributed by atoms with Crippen molar-refractivity contribution in [3.8, 4) is 0 Å². The number of halogens is 2. The van der Waals surface area contributed by atoms with Gasteiger partial charge in [0.05, 0.1) is 6.42 Å². The minimum absolute atomic E-state index is 0.0191. The lowest BCUT2D eigenvalue weighted by molar-refractivity contribution is -0.136. The summed E-state index contributed by atoms with van der Waals surface area (Å²) in [6.07, 6.45) is 0.0191. The van der Waals surface area contributed by atoms with E-state index in [-0.39, 0.29) is 12.2 Å². The van der Waals surface area contributed by atoms with E-state index in [1.165, 1.54) is 17.8 Å². The predicted molar refractivity (Wildman–Crippen MR) is 81.4 cm³/mol. The topological polar surface area (TPSA) is 37.3 Å². The zero-order chi connectivity index (χ0) is 14.5. The van der Waals surface area contributed by atoms with Crippen molar-refractivity contribution < 1.29 is 14.3 Å². The molecule has 0 bridgehead atoms. The number of carbonyl (C=O) groups is 1. The highest BCUT2D eigenvalue weighted by atomic mass is 79.9. The van der Waals surface area contributed by atoms with Gasteiger partial charge in [-0.2, -0.15) is 0 Å². The summed E-state index contributed by atoms with van der Waals surface area (Å²) in [5.41, 5.74) is 1.40. The van der Waals surface area contributed by atoms with Crippen LogP contribution in [-0.2, 0) is 17.0 Å². The second-order valence-corrected chi connectivity index (χ2v) is 6.20. The van der Waals surface area contributed by atoms with Gasteiger partial charge < -0.3 is 5.11 Å². The quantitative estimate of drug-likeness (QED) is 0.802. The molecule has 0 saturated carbocycles. The van der Waals surface area contributed by atoms with Crippen LogP contribution in [0, 0.1) is 5.82 Å². The molecule has 0 spiro atoms. The van der Waals surface area contributed by atoms with Gasteiger partial charge in [0.2, 0.25) is 0 Å². The van der Waals surface area contributed by atoms with Crippen LogP contribution in [0.4, 0.5) is 4.39 Å². The number of rotatable bonds is 5. The fourth-order valence-electron chi connectivity index (χ4n) is 1.69. The van der Waals surface area contributed by atoms with Crippen LogP contribution in [0.1, 0.15) is 11.1 Å². The molecule has 2 aromatic rings. The summed E-state index contributed by atoms with van der Waals surface area (Å²) < 4.78 is 14.4. The van der Waals surface area contributed by atoms with Gasteiger partial charge in [-0.1, -0.05) is 28.1 Å². The Morgan fingerprint density at radius 1 is 1.20 bits per heavy atom. The largest absolute Gasteiger partial charge is 0.481 e. The van der Waals surface area contributed by atoms with Gasteiger partial charge >= 0.3 is 5.97 Å². The third kappa shape index (κ3) is 4.35. The van der Waals surface area contributed by atoms with Crippen molar-refractivity contribution >= 4 is 33.7 Å². The summed E-state index contributed by atoms with van der Waals surface area (Å²) in [6, 6.07) is 12.2. The Kier molecular flexibility index (Phi) is 5.20. The molecule has 2 nitrogen and oxygen atoms in total. The third-order valence-corrected chi connectivity index (χ3v) is 4.23. The molecule has 104 valence electrons. The minimum atomic E-state index is -0.846. The summed E-state index contributed by atoms with van der Waals surface area (Å²) >= 11 is 4.84. The van der Waals surface area contributed by atoms with Gasteiger partial charge in [0.15, 0.2) is 0 Å². The summed E-state index contributed by atoms with van der Waals surface area (Å²) in [4.78, 5) is 11.6. The van der Waals surface area contributed by atoms with Gasteiger partial charge in [-0.25, -0.2) is 4.39 Å². The molecule has 0 atom stereocenters. The fraction of sp³-hybridized carbons (Fsp3) is 0.133.